The van der Waals surface area contributed by atoms with Crippen molar-refractivity contribution in [2.24, 2.45) is 5.92 Å². The van der Waals surface area contributed by atoms with Gasteiger partial charge in [0.15, 0.2) is 0 Å². The number of anilines is 1. The number of ether oxygens (including phenoxy) is 1. The molecule has 0 unspecified atom stereocenters. The molecule has 0 atom stereocenters. The van der Waals surface area contributed by atoms with Crippen LogP contribution in [0.4, 0.5) is 5.82 Å². The predicted octanol–water partition coefficient (Wildman–Crippen LogP) is 0.922. The smallest absolute Gasteiger partial charge is 0.308 e. The van der Waals surface area contributed by atoms with Gasteiger partial charge in [-0.15, -0.1) is 0 Å². The number of nitrogens with zero attached hydrogens (tertiary/aromatic N) is 2. The molecule has 1 aliphatic rings. The number of halogens is 1. The van der Waals surface area contributed by atoms with Gasteiger partial charge < -0.3 is 14.6 Å². The monoisotopic (exact) mass is 315 g/mol. The molecule has 98 valence electrons. The van der Waals surface area contributed by atoms with Crippen LogP contribution in [-0.2, 0) is 9.53 Å². The number of esters is 1. The Morgan fingerprint density at radius 2 is 2.22 bits per heavy atom. The topological polar surface area (TPSA) is 75.3 Å². The normalized spacial score (nSPS) is 16.7. The van der Waals surface area contributed by atoms with Gasteiger partial charge in [0.2, 0.25) is 0 Å². The van der Waals surface area contributed by atoms with E-state index in [-0.39, 0.29) is 17.4 Å². The molecule has 18 heavy (non-hydrogen) atoms. The van der Waals surface area contributed by atoms with Crippen molar-refractivity contribution in [2.75, 3.05) is 25.1 Å². The highest BCUT2D eigenvalue weighted by Gasteiger charge is 2.27. The summed E-state index contributed by atoms with van der Waals surface area (Å²) < 4.78 is 5.17. The Kier molecular flexibility index (Phi) is 4.00. The molecule has 0 aliphatic carbocycles. The first-order valence-electron chi connectivity index (χ1n) is 5.69. The van der Waals surface area contributed by atoms with E-state index in [2.05, 4.69) is 25.9 Å². The van der Waals surface area contributed by atoms with E-state index in [1.54, 1.807) is 0 Å². The quantitative estimate of drug-likeness (QED) is 0.821. The van der Waals surface area contributed by atoms with Gasteiger partial charge in [0.05, 0.1) is 19.4 Å². The van der Waals surface area contributed by atoms with Crippen LogP contribution in [0.5, 0.6) is 0 Å². The summed E-state index contributed by atoms with van der Waals surface area (Å²) in [5.41, 5.74) is -0.199. The Labute approximate surface area is 112 Å². The molecule has 0 saturated carbocycles. The highest BCUT2D eigenvalue weighted by atomic mass is 79.9. The minimum atomic E-state index is -0.199. The van der Waals surface area contributed by atoms with Gasteiger partial charge in [0.25, 0.3) is 5.56 Å². The van der Waals surface area contributed by atoms with Crippen molar-refractivity contribution in [3.63, 3.8) is 0 Å². The lowest BCUT2D eigenvalue weighted by molar-refractivity contribution is -0.146. The van der Waals surface area contributed by atoms with Crippen LogP contribution < -0.4 is 10.5 Å². The highest BCUT2D eigenvalue weighted by molar-refractivity contribution is 9.10. The van der Waals surface area contributed by atoms with Gasteiger partial charge >= 0.3 is 5.97 Å². The molecule has 0 radical (unpaired) electrons. The summed E-state index contributed by atoms with van der Waals surface area (Å²) in [4.78, 5) is 31.5. The number of aromatic amines is 1. The Morgan fingerprint density at radius 1 is 1.56 bits per heavy atom. The molecule has 6 nitrogen and oxygen atoms in total. The standard InChI is InChI=1S/C11H14BrN3O3/c1-18-11(17)7-2-4-15(5-3-7)9-8(12)10(16)14-6-13-9/h6-7H,2-5H2,1H3,(H,13,14,16). The van der Waals surface area contributed by atoms with Gasteiger partial charge in [-0.05, 0) is 28.8 Å². The first-order valence-corrected chi connectivity index (χ1v) is 6.48. The molecule has 2 heterocycles. The van der Waals surface area contributed by atoms with Crippen LogP contribution in [0.3, 0.4) is 0 Å². The molecular weight excluding hydrogens is 302 g/mol. The molecule has 1 aromatic heterocycles. The molecule has 1 N–H and O–H groups in total. The molecule has 1 aliphatic heterocycles. The SMILES string of the molecule is COC(=O)C1CCN(c2nc[nH]c(=O)c2Br)CC1. The Bertz CT molecular complexity index is 495. The minimum Gasteiger partial charge on any atom is -0.469 e. The number of aromatic nitrogens is 2. The number of piperidine rings is 1. The molecule has 7 heteroatoms. The van der Waals surface area contributed by atoms with Crippen LogP contribution in [0.1, 0.15) is 12.8 Å². The molecular formula is C11H14BrN3O3. The maximum absolute atomic E-state index is 11.5. The number of nitrogens with one attached hydrogen (secondary N) is 1. The summed E-state index contributed by atoms with van der Waals surface area (Å²) in [6, 6.07) is 0. The fraction of sp³-hybridized carbons (Fsp3) is 0.545. The maximum atomic E-state index is 11.5. The van der Waals surface area contributed by atoms with Crippen molar-refractivity contribution in [3.8, 4) is 0 Å². The number of H-pyrrole nitrogens is 1. The third-order valence-corrected chi connectivity index (χ3v) is 3.82. The van der Waals surface area contributed by atoms with Crippen molar-refractivity contribution in [3.05, 3.63) is 21.2 Å². The molecule has 0 bridgehead atoms. The summed E-state index contributed by atoms with van der Waals surface area (Å²) >= 11 is 3.23. The second-order valence-electron chi connectivity index (χ2n) is 4.15. The van der Waals surface area contributed by atoms with Crippen molar-refractivity contribution in [1.29, 1.82) is 0 Å². The number of rotatable bonds is 2. The van der Waals surface area contributed by atoms with Crippen LogP contribution in [0.2, 0.25) is 0 Å². The van der Waals surface area contributed by atoms with Gasteiger partial charge in [-0.2, -0.15) is 0 Å². The van der Waals surface area contributed by atoms with Crippen LogP contribution >= 0.6 is 15.9 Å². The number of carbonyl (C=O) groups is 1. The van der Waals surface area contributed by atoms with Gasteiger partial charge in [-0.1, -0.05) is 0 Å². The van der Waals surface area contributed by atoms with Crippen LogP contribution in [0.15, 0.2) is 15.6 Å². The van der Waals surface area contributed by atoms with E-state index < -0.39 is 0 Å². The Balaban J connectivity index is 2.08. The first kappa shape index (κ1) is 13.1. The fourth-order valence-corrected chi connectivity index (χ4v) is 2.56. The second kappa shape index (κ2) is 5.51. The summed E-state index contributed by atoms with van der Waals surface area (Å²) in [5.74, 6) is 0.418. The number of hydrogen-bond donors (Lipinski definition) is 1. The predicted molar refractivity (Wildman–Crippen MR) is 69.5 cm³/mol. The van der Waals surface area contributed by atoms with Crippen molar-refractivity contribution in [1.82, 2.24) is 9.97 Å². The number of carbonyl (C=O) groups excluding carboxylic acids is 1. The van der Waals surface area contributed by atoms with E-state index >= 15 is 0 Å². The molecule has 1 saturated heterocycles. The van der Waals surface area contributed by atoms with E-state index in [1.807, 2.05) is 4.90 Å². The fourth-order valence-electron chi connectivity index (χ4n) is 2.09. The number of methoxy groups -OCH3 is 1. The van der Waals surface area contributed by atoms with Crippen LogP contribution in [-0.4, -0.2) is 36.1 Å². The zero-order valence-electron chi connectivity index (χ0n) is 9.98. The lowest BCUT2D eigenvalue weighted by Crippen LogP contribution is -2.38. The summed E-state index contributed by atoms with van der Waals surface area (Å²) in [7, 11) is 1.41. The van der Waals surface area contributed by atoms with Crippen molar-refractivity contribution < 1.29 is 9.53 Å². The van der Waals surface area contributed by atoms with Crippen molar-refractivity contribution >= 4 is 27.7 Å². The Hall–Kier alpha value is -1.37. The highest BCUT2D eigenvalue weighted by Crippen LogP contribution is 2.25. The number of hydrogen-bond acceptors (Lipinski definition) is 5. The summed E-state index contributed by atoms with van der Waals surface area (Å²) in [5, 5.41) is 0. The molecule has 1 aromatic rings. The summed E-state index contributed by atoms with van der Waals surface area (Å²) in [6.07, 6.45) is 2.82. The van der Waals surface area contributed by atoms with Gasteiger partial charge in [-0.25, -0.2) is 4.98 Å². The van der Waals surface area contributed by atoms with Crippen molar-refractivity contribution in [2.45, 2.75) is 12.8 Å². The Morgan fingerprint density at radius 3 is 2.83 bits per heavy atom. The van der Waals surface area contributed by atoms with E-state index in [0.29, 0.717) is 36.2 Å². The van der Waals surface area contributed by atoms with E-state index in [1.165, 1.54) is 13.4 Å². The third kappa shape index (κ3) is 2.55. The zero-order chi connectivity index (χ0) is 13.1. The lowest BCUT2D eigenvalue weighted by Gasteiger charge is -2.31. The average Bonchev–Trinajstić information content (AvgIpc) is 2.41. The first-order chi connectivity index (χ1) is 8.63. The lowest BCUT2D eigenvalue weighted by atomic mass is 9.97. The van der Waals surface area contributed by atoms with E-state index in [0.717, 1.165) is 0 Å². The van der Waals surface area contributed by atoms with Gasteiger partial charge in [0, 0.05) is 13.1 Å². The zero-order valence-corrected chi connectivity index (χ0v) is 11.6. The third-order valence-electron chi connectivity index (χ3n) is 3.11. The molecule has 0 amide bonds. The van der Waals surface area contributed by atoms with Gasteiger partial charge in [0.1, 0.15) is 10.3 Å². The maximum Gasteiger partial charge on any atom is 0.308 e. The van der Waals surface area contributed by atoms with Crippen LogP contribution in [0.25, 0.3) is 0 Å². The second-order valence-corrected chi connectivity index (χ2v) is 4.95. The molecule has 2 rings (SSSR count). The van der Waals surface area contributed by atoms with E-state index in [4.69, 9.17) is 4.74 Å². The molecule has 1 fully saturated rings. The molecule has 0 spiro atoms. The van der Waals surface area contributed by atoms with Crippen LogP contribution in [0, 0.1) is 5.92 Å². The minimum absolute atomic E-state index is 0.0491. The van der Waals surface area contributed by atoms with E-state index in [9.17, 15) is 9.59 Å². The summed E-state index contributed by atoms with van der Waals surface area (Å²) in [6.45, 7) is 1.38. The largest absolute Gasteiger partial charge is 0.469 e. The average molecular weight is 316 g/mol. The molecule has 0 aromatic carbocycles. The van der Waals surface area contributed by atoms with Gasteiger partial charge in [-0.3, -0.25) is 9.59 Å².